The van der Waals surface area contributed by atoms with Gasteiger partial charge in [-0.1, -0.05) is 6.08 Å². The molecule has 2 unspecified atom stereocenters. The van der Waals surface area contributed by atoms with Gasteiger partial charge in [0.25, 0.3) is 0 Å². The van der Waals surface area contributed by atoms with Gasteiger partial charge < -0.3 is 5.32 Å². The molecule has 0 radical (unpaired) electrons. The van der Waals surface area contributed by atoms with Crippen LogP contribution >= 0.6 is 0 Å². The van der Waals surface area contributed by atoms with Crippen LogP contribution in [0.2, 0.25) is 0 Å². The number of rotatable bonds is 6. The molecule has 0 spiro atoms. The predicted molar refractivity (Wildman–Crippen MR) is 54.9 cm³/mol. The average Bonchev–Trinajstić information content (AvgIpc) is 2.01. The van der Waals surface area contributed by atoms with E-state index < -0.39 is 0 Å². The van der Waals surface area contributed by atoms with Crippen molar-refractivity contribution in [3.8, 4) is 12.3 Å². The first-order chi connectivity index (χ1) is 5.70. The summed E-state index contributed by atoms with van der Waals surface area (Å²) in [6, 6.07) is 0.959. The van der Waals surface area contributed by atoms with Crippen molar-refractivity contribution in [2.45, 2.75) is 45.2 Å². The van der Waals surface area contributed by atoms with Gasteiger partial charge in [-0.3, -0.25) is 0 Å². The monoisotopic (exact) mass is 165 g/mol. The molecule has 1 N–H and O–H groups in total. The number of hydrogen-bond acceptors (Lipinski definition) is 1. The van der Waals surface area contributed by atoms with Gasteiger partial charge in [0.1, 0.15) is 0 Å². The Hall–Kier alpha value is -0.740. The summed E-state index contributed by atoms with van der Waals surface area (Å²) in [5, 5.41) is 3.43. The highest BCUT2D eigenvalue weighted by molar-refractivity contribution is 4.88. The third-order valence-corrected chi connectivity index (χ3v) is 1.80. The van der Waals surface area contributed by atoms with Crippen molar-refractivity contribution in [3.63, 3.8) is 0 Å². The zero-order valence-electron chi connectivity index (χ0n) is 8.14. The van der Waals surface area contributed by atoms with Crippen molar-refractivity contribution in [2.75, 3.05) is 0 Å². The third-order valence-electron chi connectivity index (χ3n) is 1.80. The fourth-order valence-corrected chi connectivity index (χ4v) is 1.17. The maximum absolute atomic E-state index is 5.20. The lowest BCUT2D eigenvalue weighted by Gasteiger charge is -2.17. The Labute approximate surface area is 76.2 Å². The van der Waals surface area contributed by atoms with Gasteiger partial charge in [0.05, 0.1) is 0 Å². The molecule has 0 bridgehead atoms. The standard InChI is InChI=1S/C11H19N/c1-5-7-9-11(4)12-10(3)8-6-2/h2,5,10-12H,1,7-9H2,3-4H3. The van der Waals surface area contributed by atoms with E-state index in [1.54, 1.807) is 0 Å². The van der Waals surface area contributed by atoms with Crippen LogP contribution in [-0.2, 0) is 0 Å². The summed E-state index contributed by atoms with van der Waals surface area (Å²) in [6.07, 6.45) is 10.2. The summed E-state index contributed by atoms with van der Waals surface area (Å²) >= 11 is 0. The lowest BCUT2D eigenvalue weighted by molar-refractivity contribution is 0.453. The van der Waals surface area contributed by atoms with Crippen molar-refractivity contribution in [3.05, 3.63) is 12.7 Å². The van der Waals surface area contributed by atoms with E-state index in [0.717, 1.165) is 19.3 Å². The van der Waals surface area contributed by atoms with Gasteiger partial charge in [0.15, 0.2) is 0 Å². The molecule has 2 atom stereocenters. The summed E-state index contributed by atoms with van der Waals surface area (Å²) in [7, 11) is 0. The van der Waals surface area contributed by atoms with Gasteiger partial charge in [0, 0.05) is 18.5 Å². The van der Waals surface area contributed by atoms with Gasteiger partial charge in [0.2, 0.25) is 0 Å². The molecular formula is C11H19N. The van der Waals surface area contributed by atoms with Crippen LogP contribution in [0.1, 0.15) is 33.1 Å². The average molecular weight is 165 g/mol. The molecule has 0 fully saturated rings. The second-order valence-corrected chi connectivity index (χ2v) is 3.24. The van der Waals surface area contributed by atoms with Crippen molar-refractivity contribution < 1.29 is 0 Å². The Morgan fingerprint density at radius 2 is 2.17 bits per heavy atom. The summed E-state index contributed by atoms with van der Waals surface area (Å²) in [5.74, 6) is 2.65. The van der Waals surface area contributed by atoms with E-state index in [9.17, 15) is 0 Å². The Balaban J connectivity index is 3.47. The molecule has 0 amide bonds. The van der Waals surface area contributed by atoms with Crippen LogP contribution in [0.15, 0.2) is 12.7 Å². The molecule has 0 saturated heterocycles. The lowest BCUT2D eigenvalue weighted by Crippen LogP contribution is -2.33. The van der Waals surface area contributed by atoms with Crippen LogP contribution in [0, 0.1) is 12.3 Å². The van der Waals surface area contributed by atoms with E-state index in [1.165, 1.54) is 0 Å². The van der Waals surface area contributed by atoms with Gasteiger partial charge >= 0.3 is 0 Å². The highest BCUT2D eigenvalue weighted by Gasteiger charge is 2.04. The highest BCUT2D eigenvalue weighted by atomic mass is 14.9. The zero-order valence-corrected chi connectivity index (χ0v) is 8.14. The number of hydrogen-bond donors (Lipinski definition) is 1. The highest BCUT2D eigenvalue weighted by Crippen LogP contribution is 1.99. The molecule has 12 heavy (non-hydrogen) atoms. The predicted octanol–water partition coefficient (Wildman–Crippen LogP) is 2.34. The minimum Gasteiger partial charge on any atom is -0.311 e. The van der Waals surface area contributed by atoms with Gasteiger partial charge in [-0.25, -0.2) is 0 Å². The summed E-state index contributed by atoms with van der Waals surface area (Å²) in [5.41, 5.74) is 0. The maximum atomic E-state index is 5.20. The summed E-state index contributed by atoms with van der Waals surface area (Å²) in [6.45, 7) is 7.98. The molecule has 0 saturated carbocycles. The SMILES string of the molecule is C#CCC(C)NC(C)CCC=C. The fourth-order valence-electron chi connectivity index (χ4n) is 1.17. The summed E-state index contributed by atoms with van der Waals surface area (Å²) < 4.78 is 0. The van der Waals surface area contributed by atoms with Gasteiger partial charge in [-0.05, 0) is 26.7 Å². The smallest absolute Gasteiger partial charge is 0.0238 e. The molecular weight excluding hydrogens is 146 g/mol. The van der Waals surface area contributed by atoms with E-state index >= 15 is 0 Å². The molecule has 1 nitrogen and oxygen atoms in total. The molecule has 0 heterocycles. The second kappa shape index (κ2) is 6.94. The quantitative estimate of drug-likeness (QED) is 0.470. The van der Waals surface area contributed by atoms with Crippen molar-refractivity contribution in [1.29, 1.82) is 0 Å². The topological polar surface area (TPSA) is 12.0 Å². The molecule has 0 aromatic carbocycles. The van der Waals surface area contributed by atoms with Crippen LogP contribution in [0.3, 0.4) is 0 Å². The number of allylic oxidation sites excluding steroid dienone is 1. The van der Waals surface area contributed by atoms with Crippen molar-refractivity contribution >= 4 is 0 Å². The molecule has 0 aromatic heterocycles. The minimum atomic E-state index is 0.426. The number of nitrogens with one attached hydrogen (secondary N) is 1. The molecule has 68 valence electrons. The largest absolute Gasteiger partial charge is 0.311 e. The first kappa shape index (κ1) is 11.3. The Morgan fingerprint density at radius 1 is 1.50 bits per heavy atom. The maximum Gasteiger partial charge on any atom is 0.0238 e. The molecule has 0 aliphatic heterocycles. The van der Waals surface area contributed by atoms with Crippen LogP contribution in [0.4, 0.5) is 0 Å². The Bertz CT molecular complexity index is 155. The second-order valence-electron chi connectivity index (χ2n) is 3.24. The molecule has 0 rings (SSSR count). The van der Waals surface area contributed by atoms with E-state index in [2.05, 4.69) is 31.7 Å². The first-order valence-electron chi connectivity index (χ1n) is 4.51. The van der Waals surface area contributed by atoms with Crippen LogP contribution in [0.5, 0.6) is 0 Å². The van der Waals surface area contributed by atoms with E-state index in [4.69, 9.17) is 6.42 Å². The normalized spacial score (nSPS) is 14.8. The van der Waals surface area contributed by atoms with E-state index in [0.29, 0.717) is 12.1 Å². The van der Waals surface area contributed by atoms with Gasteiger partial charge in [-0.15, -0.1) is 18.9 Å². The third kappa shape index (κ3) is 6.00. The molecule has 0 aliphatic rings. The molecule has 0 aliphatic carbocycles. The Kier molecular flexibility index (Phi) is 6.51. The van der Waals surface area contributed by atoms with Crippen molar-refractivity contribution in [2.24, 2.45) is 0 Å². The van der Waals surface area contributed by atoms with E-state index in [1.807, 2.05) is 6.08 Å². The molecule has 0 aromatic rings. The zero-order chi connectivity index (χ0) is 9.40. The molecule has 1 heteroatoms. The number of terminal acetylenes is 1. The summed E-state index contributed by atoms with van der Waals surface area (Å²) in [4.78, 5) is 0. The van der Waals surface area contributed by atoms with Crippen molar-refractivity contribution in [1.82, 2.24) is 5.32 Å². The van der Waals surface area contributed by atoms with Crippen LogP contribution in [-0.4, -0.2) is 12.1 Å². The fraction of sp³-hybridized carbons (Fsp3) is 0.636. The lowest BCUT2D eigenvalue weighted by atomic mass is 10.1. The first-order valence-corrected chi connectivity index (χ1v) is 4.51. The van der Waals surface area contributed by atoms with Crippen LogP contribution < -0.4 is 5.32 Å². The van der Waals surface area contributed by atoms with Crippen LogP contribution in [0.25, 0.3) is 0 Å². The van der Waals surface area contributed by atoms with Gasteiger partial charge in [-0.2, -0.15) is 0 Å². The minimum absolute atomic E-state index is 0.426. The van der Waals surface area contributed by atoms with E-state index in [-0.39, 0.29) is 0 Å². The Morgan fingerprint density at radius 3 is 2.67 bits per heavy atom.